The van der Waals surface area contributed by atoms with Gasteiger partial charge in [0.25, 0.3) is 0 Å². The van der Waals surface area contributed by atoms with Gasteiger partial charge in [0.05, 0.1) is 18.7 Å². The zero-order valence-corrected chi connectivity index (χ0v) is 17.6. The van der Waals surface area contributed by atoms with Crippen LogP contribution in [0.5, 0.6) is 0 Å². The van der Waals surface area contributed by atoms with Crippen molar-refractivity contribution in [3.63, 3.8) is 0 Å². The third-order valence-electron chi connectivity index (χ3n) is 5.37. The summed E-state index contributed by atoms with van der Waals surface area (Å²) >= 11 is 6.32. The van der Waals surface area contributed by atoms with Gasteiger partial charge in [-0.2, -0.15) is 5.26 Å². The summed E-state index contributed by atoms with van der Waals surface area (Å²) < 4.78 is 5.01. The van der Waals surface area contributed by atoms with Crippen LogP contribution in [0.1, 0.15) is 29.2 Å². The van der Waals surface area contributed by atoms with Gasteiger partial charge in [-0.05, 0) is 35.7 Å². The van der Waals surface area contributed by atoms with Crippen LogP contribution in [-0.2, 0) is 20.7 Å². The van der Waals surface area contributed by atoms with Gasteiger partial charge in [0, 0.05) is 37.6 Å². The van der Waals surface area contributed by atoms with Crippen molar-refractivity contribution in [3.05, 3.63) is 70.2 Å². The molecule has 1 fully saturated rings. The van der Waals surface area contributed by atoms with Crippen LogP contribution >= 0.6 is 11.6 Å². The maximum atomic E-state index is 12.6. The fourth-order valence-electron chi connectivity index (χ4n) is 3.67. The van der Waals surface area contributed by atoms with Gasteiger partial charge in [0.2, 0.25) is 5.91 Å². The van der Waals surface area contributed by atoms with E-state index in [2.05, 4.69) is 6.07 Å². The molecule has 0 bridgehead atoms. The van der Waals surface area contributed by atoms with Crippen molar-refractivity contribution in [1.29, 1.82) is 5.26 Å². The van der Waals surface area contributed by atoms with Gasteiger partial charge in [-0.1, -0.05) is 41.9 Å². The fraction of sp³-hybridized carbons (Fsp3) is 0.348. The van der Waals surface area contributed by atoms with E-state index in [0.29, 0.717) is 55.2 Å². The molecule has 0 aliphatic carbocycles. The van der Waals surface area contributed by atoms with Crippen LogP contribution in [0.15, 0.2) is 48.5 Å². The standard InChI is InChI=1S/C23H24ClN3O3/c1-30-23(29)22(19-4-2-3-5-20(19)24)27-14-12-26(13-15-27)21(28)11-10-17-6-8-18(16-25)9-7-17/h2-9,22H,10-15H2,1H3. The van der Waals surface area contributed by atoms with Crippen molar-refractivity contribution in [1.82, 2.24) is 9.80 Å². The molecule has 7 heteroatoms. The molecule has 1 aliphatic rings. The molecular weight excluding hydrogens is 402 g/mol. The number of carbonyl (C=O) groups is 2. The molecule has 1 heterocycles. The molecule has 0 spiro atoms. The molecule has 1 unspecified atom stereocenters. The van der Waals surface area contributed by atoms with Gasteiger partial charge < -0.3 is 9.64 Å². The molecule has 1 amide bonds. The molecule has 6 nitrogen and oxygen atoms in total. The van der Waals surface area contributed by atoms with Crippen LogP contribution < -0.4 is 0 Å². The van der Waals surface area contributed by atoms with Gasteiger partial charge in [-0.25, -0.2) is 4.79 Å². The summed E-state index contributed by atoms with van der Waals surface area (Å²) in [6.45, 7) is 2.22. The number of benzene rings is 2. The average molecular weight is 426 g/mol. The van der Waals surface area contributed by atoms with Crippen LogP contribution in [-0.4, -0.2) is 55.0 Å². The van der Waals surface area contributed by atoms with Crippen molar-refractivity contribution in [2.24, 2.45) is 0 Å². The Labute approximate surface area is 181 Å². The molecule has 3 rings (SSSR count). The Hall–Kier alpha value is -2.88. The molecule has 2 aromatic carbocycles. The number of nitriles is 1. The third kappa shape index (κ3) is 5.18. The summed E-state index contributed by atoms with van der Waals surface area (Å²) in [5.74, 6) is -0.268. The minimum absolute atomic E-state index is 0.0892. The average Bonchev–Trinajstić information content (AvgIpc) is 2.79. The van der Waals surface area contributed by atoms with Gasteiger partial charge in [0.15, 0.2) is 0 Å². The zero-order chi connectivity index (χ0) is 21.5. The number of piperazine rings is 1. The lowest BCUT2D eigenvalue weighted by Gasteiger charge is -2.38. The number of nitrogens with zero attached hydrogens (tertiary/aromatic N) is 3. The van der Waals surface area contributed by atoms with Gasteiger partial charge in [-0.15, -0.1) is 0 Å². The first kappa shape index (κ1) is 21.8. The van der Waals surface area contributed by atoms with E-state index in [1.165, 1.54) is 7.11 Å². The summed E-state index contributed by atoms with van der Waals surface area (Å²) in [5, 5.41) is 9.39. The number of halogens is 1. The number of methoxy groups -OCH3 is 1. The number of carbonyl (C=O) groups excluding carboxylic acids is 2. The monoisotopic (exact) mass is 425 g/mol. The van der Waals surface area contributed by atoms with Gasteiger partial charge in [0.1, 0.15) is 6.04 Å². The molecule has 1 saturated heterocycles. The Morgan fingerprint density at radius 1 is 1.10 bits per heavy atom. The largest absolute Gasteiger partial charge is 0.468 e. The molecule has 156 valence electrons. The summed E-state index contributed by atoms with van der Waals surface area (Å²) in [7, 11) is 1.37. The number of aryl methyl sites for hydroxylation is 1. The molecule has 0 radical (unpaired) electrons. The quantitative estimate of drug-likeness (QED) is 0.664. The van der Waals surface area contributed by atoms with E-state index in [1.807, 2.05) is 40.1 Å². The molecule has 0 N–H and O–H groups in total. The number of hydrogen-bond donors (Lipinski definition) is 0. The zero-order valence-electron chi connectivity index (χ0n) is 16.9. The lowest BCUT2D eigenvalue weighted by molar-refractivity contribution is -0.148. The predicted molar refractivity (Wildman–Crippen MR) is 114 cm³/mol. The first-order valence-corrected chi connectivity index (χ1v) is 10.2. The lowest BCUT2D eigenvalue weighted by Crippen LogP contribution is -2.51. The maximum Gasteiger partial charge on any atom is 0.327 e. The van der Waals surface area contributed by atoms with E-state index in [9.17, 15) is 9.59 Å². The number of ether oxygens (including phenoxy) is 1. The minimum atomic E-state index is -0.584. The molecule has 2 aromatic rings. The smallest absolute Gasteiger partial charge is 0.327 e. The van der Waals surface area contributed by atoms with Crippen LogP contribution in [0.3, 0.4) is 0 Å². The third-order valence-corrected chi connectivity index (χ3v) is 5.71. The van der Waals surface area contributed by atoms with E-state index < -0.39 is 6.04 Å². The van der Waals surface area contributed by atoms with Crippen LogP contribution in [0.25, 0.3) is 0 Å². The highest BCUT2D eigenvalue weighted by atomic mass is 35.5. The maximum absolute atomic E-state index is 12.6. The Balaban J connectivity index is 1.58. The van der Waals surface area contributed by atoms with Crippen molar-refractivity contribution in [2.45, 2.75) is 18.9 Å². The number of esters is 1. The van der Waals surface area contributed by atoms with E-state index >= 15 is 0 Å². The van der Waals surface area contributed by atoms with E-state index in [1.54, 1.807) is 18.2 Å². The van der Waals surface area contributed by atoms with E-state index in [-0.39, 0.29) is 11.9 Å². The molecule has 0 saturated carbocycles. The fourth-order valence-corrected chi connectivity index (χ4v) is 3.91. The Morgan fingerprint density at radius 3 is 2.37 bits per heavy atom. The highest BCUT2D eigenvalue weighted by molar-refractivity contribution is 6.31. The van der Waals surface area contributed by atoms with Crippen molar-refractivity contribution >= 4 is 23.5 Å². The Kier molecular flexibility index (Phi) is 7.45. The van der Waals surface area contributed by atoms with Crippen molar-refractivity contribution < 1.29 is 14.3 Å². The summed E-state index contributed by atoms with van der Waals surface area (Å²) in [6.07, 6.45) is 1.05. The molecule has 30 heavy (non-hydrogen) atoms. The number of hydrogen-bond acceptors (Lipinski definition) is 5. The second-order valence-corrected chi connectivity index (χ2v) is 7.58. The second-order valence-electron chi connectivity index (χ2n) is 7.17. The van der Waals surface area contributed by atoms with Gasteiger partial charge >= 0.3 is 5.97 Å². The normalized spacial score (nSPS) is 15.3. The summed E-state index contributed by atoms with van der Waals surface area (Å²) in [4.78, 5) is 28.9. The highest BCUT2D eigenvalue weighted by Gasteiger charge is 2.33. The summed E-state index contributed by atoms with van der Waals surface area (Å²) in [5.41, 5.74) is 2.36. The topological polar surface area (TPSA) is 73.6 Å². The van der Waals surface area contributed by atoms with Crippen LogP contribution in [0.2, 0.25) is 5.02 Å². The summed E-state index contributed by atoms with van der Waals surface area (Å²) in [6, 6.07) is 16.1. The second kappa shape index (κ2) is 10.2. The molecule has 1 aliphatic heterocycles. The number of rotatable bonds is 6. The lowest BCUT2D eigenvalue weighted by atomic mass is 10.0. The highest BCUT2D eigenvalue weighted by Crippen LogP contribution is 2.29. The Morgan fingerprint density at radius 2 is 1.77 bits per heavy atom. The van der Waals surface area contributed by atoms with Gasteiger partial charge in [-0.3, -0.25) is 9.69 Å². The van der Waals surface area contributed by atoms with Crippen molar-refractivity contribution in [2.75, 3.05) is 33.3 Å². The van der Waals surface area contributed by atoms with E-state index in [0.717, 1.165) is 5.56 Å². The first-order valence-electron chi connectivity index (χ1n) is 9.86. The number of amides is 1. The Bertz CT molecular complexity index is 931. The minimum Gasteiger partial charge on any atom is -0.468 e. The van der Waals surface area contributed by atoms with Crippen LogP contribution in [0, 0.1) is 11.3 Å². The first-order chi connectivity index (χ1) is 14.5. The van der Waals surface area contributed by atoms with Crippen molar-refractivity contribution in [3.8, 4) is 6.07 Å². The van der Waals surface area contributed by atoms with E-state index in [4.69, 9.17) is 21.6 Å². The SMILES string of the molecule is COC(=O)C(c1ccccc1Cl)N1CCN(C(=O)CCc2ccc(C#N)cc2)CC1. The molecular formula is C23H24ClN3O3. The molecule has 1 atom stereocenters. The predicted octanol–water partition coefficient (Wildman–Crippen LogP) is 3.20. The molecule has 0 aromatic heterocycles. The van der Waals surface area contributed by atoms with Crippen LogP contribution in [0.4, 0.5) is 0 Å².